The van der Waals surface area contributed by atoms with E-state index in [-0.39, 0.29) is 5.91 Å². The van der Waals surface area contributed by atoms with E-state index in [4.69, 9.17) is 13.3 Å². The summed E-state index contributed by atoms with van der Waals surface area (Å²) in [5.41, 5.74) is 0. The molecule has 0 atom stereocenters. The van der Waals surface area contributed by atoms with Gasteiger partial charge in [-0.05, 0) is 45.7 Å². The first kappa shape index (κ1) is 16.5. The molecule has 0 aromatic heterocycles. The van der Waals surface area contributed by atoms with Gasteiger partial charge in [0.1, 0.15) is 5.91 Å². The first-order chi connectivity index (χ1) is 7.14. The summed E-state index contributed by atoms with van der Waals surface area (Å²) in [6.07, 6.45) is 1.07. The highest BCUT2D eigenvalue weighted by Crippen LogP contribution is 2.13. The summed E-state index contributed by atoms with van der Waals surface area (Å²) < 4.78 is 17.8. The number of rotatable bonds is 8. The molecule has 3 nitrogen and oxygen atoms in total. The van der Waals surface area contributed by atoms with E-state index in [1.807, 2.05) is 0 Å². The summed E-state index contributed by atoms with van der Waals surface area (Å²) >= 11 is 0. The molecule has 0 N–H and O–H groups in total. The lowest BCUT2D eigenvalue weighted by Gasteiger charge is -2.31. The third-order valence-corrected chi connectivity index (χ3v) is 5.31. The Balaban J connectivity index is 4.17. The van der Waals surface area contributed by atoms with Crippen molar-refractivity contribution in [2.24, 2.45) is 0 Å². The predicted molar refractivity (Wildman–Crippen MR) is 77.4 cm³/mol. The Morgan fingerprint density at radius 3 is 1.69 bits per heavy atom. The molecule has 0 aliphatic carbocycles. The second-order valence-corrected chi connectivity index (χ2v) is 16.3. The minimum Gasteiger partial charge on any atom is -0.418 e. The van der Waals surface area contributed by atoms with E-state index in [1.54, 1.807) is 0 Å². The van der Waals surface area contributed by atoms with Crippen molar-refractivity contribution < 1.29 is 13.3 Å². The van der Waals surface area contributed by atoms with Crippen LogP contribution < -0.4 is 0 Å². The molecule has 98 valence electrons. The molecule has 16 heavy (non-hydrogen) atoms. The Kier molecular flexibility index (Phi) is 7.31. The van der Waals surface area contributed by atoms with Crippen LogP contribution in [-0.4, -0.2) is 38.9 Å². The second kappa shape index (κ2) is 7.07. The Morgan fingerprint density at radius 2 is 1.38 bits per heavy atom. The van der Waals surface area contributed by atoms with Crippen LogP contribution in [0, 0.1) is 0 Å². The van der Waals surface area contributed by atoms with E-state index in [0.29, 0.717) is 0 Å². The molecule has 0 aromatic rings. The van der Waals surface area contributed by atoms with E-state index in [9.17, 15) is 0 Å². The Morgan fingerprint density at radius 1 is 0.938 bits per heavy atom. The molecule has 0 spiro atoms. The molecule has 0 aromatic carbocycles. The molecule has 0 fully saturated rings. The fourth-order valence-electron chi connectivity index (χ4n) is 1.20. The Bertz CT molecular complexity index is 171. The maximum atomic E-state index is 6.05. The van der Waals surface area contributed by atoms with Gasteiger partial charge in [-0.3, -0.25) is 0 Å². The first-order valence-corrected chi connectivity index (χ1v) is 14.3. The molecule has 0 aliphatic rings. The fraction of sp³-hybridized carbons (Fsp3) is 1.00. The first-order valence-electron chi connectivity index (χ1n) is 6.07. The number of hydrogen-bond acceptors (Lipinski definition) is 3. The van der Waals surface area contributed by atoms with Crippen molar-refractivity contribution in [1.29, 1.82) is 0 Å². The molecule has 0 amide bonds. The van der Waals surface area contributed by atoms with Crippen LogP contribution in [0.2, 0.25) is 39.3 Å². The fourth-order valence-corrected chi connectivity index (χ4v) is 7.17. The van der Waals surface area contributed by atoms with E-state index in [0.717, 1.165) is 13.0 Å². The molecular weight excluding hydrogens is 252 g/mol. The third-order valence-electron chi connectivity index (χ3n) is 1.57. The highest BCUT2D eigenvalue weighted by molar-refractivity contribution is 6.71. The van der Waals surface area contributed by atoms with Crippen LogP contribution in [0.1, 0.15) is 13.3 Å². The van der Waals surface area contributed by atoms with Gasteiger partial charge < -0.3 is 13.3 Å². The Labute approximate surface area is 105 Å². The van der Waals surface area contributed by atoms with E-state index in [2.05, 4.69) is 46.2 Å². The van der Waals surface area contributed by atoms with Gasteiger partial charge in [0.15, 0.2) is 16.6 Å². The summed E-state index contributed by atoms with van der Waals surface area (Å²) in [5, 5.41) is 0. The molecule has 0 saturated heterocycles. The van der Waals surface area contributed by atoms with E-state index < -0.39 is 26.4 Å². The highest BCUT2D eigenvalue weighted by atomic mass is 28.4. The molecular formula is C10H28O3Si3. The quantitative estimate of drug-likeness (QED) is 0.388. The van der Waals surface area contributed by atoms with Crippen molar-refractivity contribution in [3.8, 4) is 0 Å². The standard InChI is InChI=1S/C10H28O3Si3/c1-8-9-11-14-10(12-15(2,3)4)13-16(5,6)7/h10H,8-9,14H2,1-7H3. The normalized spacial score (nSPS) is 14.2. The van der Waals surface area contributed by atoms with Crippen molar-refractivity contribution in [3.63, 3.8) is 0 Å². The van der Waals surface area contributed by atoms with Crippen molar-refractivity contribution in [1.82, 2.24) is 0 Å². The summed E-state index contributed by atoms with van der Waals surface area (Å²) in [5.74, 6) is -0.0371. The van der Waals surface area contributed by atoms with Gasteiger partial charge in [0.05, 0.1) is 0 Å². The van der Waals surface area contributed by atoms with Gasteiger partial charge in [0, 0.05) is 6.61 Å². The third kappa shape index (κ3) is 11.0. The van der Waals surface area contributed by atoms with Gasteiger partial charge >= 0.3 is 0 Å². The summed E-state index contributed by atoms with van der Waals surface area (Å²) in [6.45, 7) is 16.1. The SMILES string of the molecule is CCCO[SiH2]C(O[Si](C)(C)C)O[Si](C)(C)C. The average molecular weight is 281 g/mol. The smallest absolute Gasteiger partial charge is 0.221 e. The maximum absolute atomic E-state index is 6.05. The van der Waals surface area contributed by atoms with Crippen molar-refractivity contribution in [3.05, 3.63) is 0 Å². The van der Waals surface area contributed by atoms with Gasteiger partial charge in [0.25, 0.3) is 0 Å². The zero-order valence-corrected chi connectivity index (χ0v) is 15.3. The second-order valence-electron chi connectivity index (χ2n) is 5.96. The van der Waals surface area contributed by atoms with E-state index >= 15 is 0 Å². The molecule has 6 heteroatoms. The van der Waals surface area contributed by atoms with Gasteiger partial charge in [-0.25, -0.2) is 0 Å². The maximum Gasteiger partial charge on any atom is 0.221 e. The van der Waals surface area contributed by atoms with Crippen LogP contribution >= 0.6 is 0 Å². The van der Waals surface area contributed by atoms with Crippen LogP contribution in [0.15, 0.2) is 0 Å². The summed E-state index contributed by atoms with van der Waals surface area (Å²) in [7, 11) is -3.78. The van der Waals surface area contributed by atoms with Gasteiger partial charge in [-0.2, -0.15) is 0 Å². The molecule has 0 aliphatic heterocycles. The molecule has 0 saturated carbocycles. The van der Waals surface area contributed by atoms with Gasteiger partial charge in [-0.1, -0.05) is 6.92 Å². The minimum atomic E-state index is -1.53. The minimum absolute atomic E-state index is 0.0371. The monoisotopic (exact) mass is 280 g/mol. The predicted octanol–water partition coefficient (Wildman–Crippen LogP) is 2.48. The molecule has 0 heterocycles. The lowest BCUT2D eigenvalue weighted by molar-refractivity contribution is 0.0466. The lowest BCUT2D eigenvalue weighted by atomic mass is 10.5. The van der Waals surface area contributed by atoms with E-state index in [1.165, 1.54) is 0 Å². The van der Waals surface area contributed by atoms with Crippen molar-refractivity contribution in [2.75, 3.05) is 6.61 Å². The summed E-state index contributed by atoms with van der Waals surface area (Å²) in [4.78, 5) is 0. The van der Waals surface area contributed by atoms with Crippen molar-refractivity contribution in [2.45, 2.75) is 58.5 Å². The van der Waals surface area contributed by atoms with Crippen LogP contribution in [0.4, 0.5) is 0 Å². The molecule has 0 rings (SSSR count). The average Bonchev–Trinajstić information content (AvgIpc) is 1.97. The highest BCUT2D eigenvalue weighted by Gasteiger charge is 2.27. The summed E-state index contributed by atoms with van der Waals surface area (Å²) in [6, 6.07) is 0. The number of hydrogen-bond donors (Lipinski definition) is 0. The van der Waals surface area contributed by atoms with Crippen molar-refractivity contribution >= 4 is 26.4 Å². The molecule has 0 unspecified atom stereocenters. The Hall–Kier alpha value is 0.531. The van der Waals surface area contributed by atoms with Gasteiger partial charge in [-0.15, -0.1) is 0 Å². The van der Waals surface area contributed by atoms with Gasteiger partial charge in [0.2, 0.25) is 9.76 Å². The topological polar surface area (TPSA) is 27.7 Å². The molecule has 0 bridgehead atoms. The zero-order valence-electron chi connectivity index (χ0n) is 11.9. The molecule has 0 radical (unpaired) electrons. The lowest BCUT2D eigenvalue weighted by Crippen LogP contribution is -2.43. The van der Waals surface area contributed by atoms with Crippen LogP contribution in [0.3, 0.4) is 0 Å². The van der Waals surface area contributed by atoms with Crippen LogP contribution in [-0.2, 0) is 13.3 Å². The van der Waals surface area contributed by atoms with Crippen LogP contribution in [0.25, 0.3) is 0 Å². The largest absolute Gasteiger partial charge is 0.418 e. The van der Waals surface area contributed by atoms with Crippen LogP contribution in [0.5, 0.6) is 0 Å². The zero-order chi connectivity index (χ0) is 12.8.